The lowest BCUT2D eigenvalue weighted by Gasteiger charge is -2.25. The molecule has 12 rings (SSSR count). The van der Waals surface area contributed by atoms with Gasteiger partial charge >= 0.3 is 0 Å². The molecule has 1 aromatic heterocycles. The zero-order chi connectivity index (χ0) is 43.5. The Morgan fingerprint density at radius 1 is 0.308 bits per heavy atom. The highest BCUT2D eigenvalue weighted by Crippen LogP contribution is 2.51. The summed E-state index contributed by atoms with van der Waals surface area (Å²) in [5, 5.41) is 2.30. The van der Waals surface area contributed by atoms with Crippen LogP contribution in [0.4, 0.5) is 0 Å². The molecule has 1 aliphatic rings. The molecule has 0 fully saturated rings. The topological polar surface area (TPSA) is 13.1 Å². The van der Waals surface area contributed by atoms with Crippen LogP contribution in [0.1, 0.15) is 47.6 Å². The van der Waals surface area contributed by atoms with Gasteiger partial charge in [0, 0.05) is 27.7 Å². The lowest BCUT2D eigenvalue weighted by molar-refractivity contribution is 0.658. The van der Waals surface area contributed by atoms with Gasteiger partial charge in [-0.05, 0) is 107 Å². The maximum absolute atomic E-state index is 6.51. The molecule has 10 aromatic carbocycles. The summed E-state index contributed by atoms with van der Waals surface area (Å²) in [5.41, 5.74) is 22.8. The van der Waals surface area contributed by atoms with E-state index in [4.69, 9.17) is 4.42 Å². The molecule has 0 bridgehead atoms. The van der Waals surface area contributed by atoms with Crippen LogP contribution in [0.25, 0.3) is 88.7 Å². The molecule has 0 saturated carbocycles. The first-order chi connectivity index (χ1) is 32.0. The summed E-state index contributed by atoms with van der Waals surface area (Å²) in [6, 6.07) is 86.6. The van der Waals surface area contributed by atoms with Crippen molar-refractivity contribution in [3.05, 3.63) is 264 Å². The van der Waals surface area contributed by atoms with Gasteiger partial charge in [-0.15, -0.1) is 0 Å². The zero-order valence-corrected chi connectivity index (χ0v) is 36.5. The Labute approximate surface area is 380 Å². The monoisotopic (exact) mass is 830 g/mol. The van der Waals surface area contributed by atoms with Gasteiger partial charge in [0.05, 0.1) is 0 Å². The smallest absolute Gasteiger partial charge is 0.143 e. The van der Waals surface area contributed by atoms with E-state index in [-0.39, 0.29) is 11.3 Å². The number of rotatable bonds is 8. The average molecular weight is 831 g/mol. The zero-order valence-electron chi connectivity index (χ0n) is 36.5. The largest absolute Gasteiger partial charge is 0.455 e. The highest BCUT2D eigenvalue weighted by atomic mass is 16.3. The Bertz CT molecular complexity index is 3520. The van der Waals surface area contributed by atoms with Gasteiger partial charge in [-0.3, -0.25) is 0 Å². The fourth-order valence-corrected chi connectivity index (χ4v) is 10.4. The van der Waals surface area contributed by atoms with Crippen molar-refractivity contribution in [1.29, 1.82) is 0 Å². The van der Waals surface area contributed by atoms with Crippen molar-refractivity contribution >= 4 is 21.9 Å². The second-order valence-corrected chi connectivity index (χ2v) is 18.0. The predicted molar refractivity (Wildman–Crippen MR) is 272 cm³/mol. The van der Waals surface area contributed by atoms with E-state index in [0.717, 1.165) is 27.5 Å². The van der Waals surface area contributed by atoms with Crippen LogP contribution in [0.3, 0.4) is 0 Å². The molecule has 1 heterocycles. The Morgan fingerprint density at radius 2 is 0.738 bits per heavy atom. The van der Waals surface area contributed by atoms with Crippen LogP contribution in [-0.2, 0) is 5.41 Å². The number of hydrogen-bond acceptors (Lipinski definition) is 1. The Kier molecular flexibility index (Phi) is 9.31. The van der Waals surface area contributed by atoms with Gasteiger partial charge in [0.2, 0.25) is 0 Å². The molecule has 0 saturated heterocycles. The third kappa shape index (κ3) is 6.80. The SMILES string of the molecule is CC1(C)c2cc(-c3cccc4c3oc3ccccc34)ccc2-c2ccc(C(c3ccc(-c4ccc(-c5ccccc5)cc4)cc3)c3ccc(-c4cccc(-c5ccccc5)c4)cc3)cc21. The summed E-state index contributed by atoms with van der Waals surface area (Å²) in [5.74, 6) is 0.0280. The van der Waals surface area contributed by atoms with E-state index in [1.807, 2.05) is 6.07 Å². The van der Waals surface area contributed by atoms with Crippen molar-refractivity contribution in [2.75, 3.05) is 0 Å². The van der Waals surface area contributed by atoms with Crippen molar-refractivity contribution in [2.45, 2.75) is 25.2 Å². The predicted octanol–water partition coefficient (Wildman–Crippen LogP) is 17.4. The molecule has 1 heteroatoms. The van der Waals surface area contributed by atoms with E-state index >= 15 is 0 Å². The number of para-hydroxylation sites is 2. The van der Waals surface area contributed by atoms with Crippen molar-refractivity contribution in [1.82, 2.24) is 0 Å². The molecule has 0 spiro atoms. The summed E-state index contributed by atoms with van der Waals surface area (Å²) >= 11 is 0. The van der Waals surface area contributed by atoms with E-state index in [9.17, 15) is 0 Å². The first-order valence-electron chi connectivity index (χ1n) is 22.7. The molecule has 1 aliphatic carbocycles. The molecule has 1 atom stereocenters. The minimum absolute atomic E-state index is 0.0280. The summed E-state index contributed by atoms with van der Waals surface area (Å²) in [7, 11) is 0. The van der Waals surface area contributed by atoms with Gasteiger partial charge in [-0.2, -0.15) is 0 Å². The Hall–Kier alpha value is -8.00. The molecule has 11 aromatic rings. The minimum Gasteiger partial charge on any atom is -0.455 e. The molecule has 0 radical (unpaired) electrons. The molecule has 0 amide bonds. The highest BCUT2D eigenvalue weighted by Gasteiger charge is 2.36. The first-order valence-corrected chi connectivity index (χ1v) is 22.7. The summed E-state index contributed by atoms with van der Waals surface area (Å²) < 4.78 is 6.51. The Balaban J connectivity index is 0.919. The summed E-state index contributed by atoms with van der Waals surface area (Å²) in [6.07, 6.45) is 0. The molecule has 1 unspecified atom stereocenters. The van der Waals surface area contributed by atoms with E-state index in [2.05, 4.69) is 244 Å². The third-order valence-corrected chi connectivity index (χ3v) is 13.9. The fraction of sp³-hybridized carbons (Fsp3) is 0.0625. The van der Waals surface area contributed by atoms with E-state index < -0.39 is 0 Å². The maximum Gasteiger partial charge on any atom is 0.143 e. The van der Waals surface area contributed by atoms with Crippen LogP contribution in [0.15, 0.2) is 241 Å². The molecule has 0 N–H and O–H groups in total. The molecular formula is C64H46O. The van der Waals surface area contributed by atoms with Crippen molar-refractivity contribution in [3.63, 3.8) is 0 Å². The summed E-state index contributed by atoms with van der Waals surface area (Å²) in [6.45, 7) is 4.77. The van der Waals surface area contributed by atoms with Crippen molar-refractivity contribution < 1.29 is 4.42 Å². The van der Waals surface area contributed by atoms with Gasteiger partial charge < -0.3 is 4.42 Å². The van der Waals surface area contributed by atoms with Crippen molar-refractivity contribution in [2.24, 2.45) is 0 Å². The van der Waals surface area contributed by atoms with Gasteiger partial charge in [0.25, 0.3) is 0 Å². The number of benzene rings is 10. The quantitative estimate of drug-likeness (QED) is 0.139. The second-order valence-electron chi connectivity index (χ2n) is 18.0. The van der Waals surface area contributed by atoms with Crippen LogP contribution in [0.5, 0.6) is 0 Å². The van der Waals surface area contributed by atoms with Gasteiger partial charge in [-0.25, -0.2) is 0 Å². The minimum atomic E-state index is -0.216. The van der Waals surface area contributed by atoms with Crippen LogP contribution < -0.4 is 0 Å². The maximum atomic E-state index is 6.51. The molecule has 65 heavy (non-hydrogen) atoms. The van der Waals surface area contributed by atoms with E-state index in [1.165, 1.54) is 89.0 Å². The second kappa shape index (κ2) is 15.7. The van der Waals surface area contributed by atoms with Gasteiger partial charge in [0.15, 0.2) is 0 Å². The number of hydrogen-bond donors (Lipinski definition) is 0. The first kappa shape index (κ1) is 38.7. The lowest BCUT2D eigenvalue weighted by atomic mass is 9.78. The molecular weight excluding hydrogens is 785 g/mol. The highest BCUT2D eigenvalue weighted by molar-refractivity contribution is 6.09. The molecule has 308 valence electrons. The normalized spacial score (nSPS) is 13.1. The van der Waals surface area contributed by atoms with Crippen LogP contribution in [-0.4, -0.2) is 0 Å². The van der Waals surface area contributed by atoms with Gasteiger partial charge in [-0.1, -0.05) is 232 Å². The van der Waals surface area contributed by atoms with Crippen LogP contribution in [0.2, 0.25) is 0 Å². The Morgan fingerprint density at radius 3 is 1.37 bits per heavy atom. The fourth-order valence-electron chi connectivity index (χ4n) is 10.4. The van der Waals surface area contributed by atoms with Crippen LogP contribution in [0, 0.1) is 0 Å². The van der Waals surface area contributed by atoms with Gasteiger partial charge in [0.1, 0.15) is 11.2 Å². The number of furan rings is 1. The van der Waals surface area contributed by atoms with Crippen molar-refractivity contribution in [3.8, 4) is 66.8 Å². The average Bonchev–Trinajstić information content (AvgIpc) is 3.86. The molecule has 1 nitrogen and oxygen atoms in total. The van der Waals surface area contributed by atoms with E-state index in [0.29, 0.717) is 0 Å². The standard InChI is InChI=1S/C64H46O/c1-64(2)59-40-52(54-20-12-21-58-57-19-9-10-22-61(57)65-63(54)58)35-37-55(59)56-38-36-53(41-60(56)64)62(48-31-27-46(28-32-48)45-25-23-44(24-26-45)42-13-5-3-6-14-42)49-33-29-47(30-34-49)51-18-11-17-50(39-51)43-15-7-4-8-16-43/h3-41,62H,1-2H3. The van der Waals surface area contributed by atoms with E-state index in [1.54, 1.807) is 0 Å². The summed E-state index contributed by atoms with van der Waals surface area (Å²) in [4.78, 5) is 0. The molecule has 0 aliphatic heterocycles. The van der Waals surface area contributed by atoms with Crippen LogP contribution >= 0.6 is 0 Å². The third-order valence-electron chi connectivity index (χ3n) is 13.9. The lowest BCUT2D eigenvalue weighted by Crippen LogP contribution is -2.16. The number of fused-ring (bicyclic) bond motifs is 6.